The predicted octanol–water partition coefficient (Wildman–Crippen LogP) is 4.00. The summed E-state index contributed by atoms with van der Waals surface area (Å²) in [6.07, 6.45) is 0. The molecule has 0 atom stereocenters. The lowest BCUT2D eigenvalue weighted by Gasteiger charge is -2.19. The zero-order chi connectivity index (χ0) is 20.9. The fraction of sp³-hybridized carbons (Fsp3) is 0.350. The topological polar surface area (TPSA) is 75.7 Å². The Morgan fingerprint density at radius 1 is 1.14 bits per heavy atom. The molecule has 0 aliphatic carbocycles. The number of benzene rings is 2. The van der Waals surface area contributed by atoms with Crippen LogP contribution in [0.5, 0.6) is 5.75 Å². The number of sulfonamides is 1. The maximum Gasteiger partial charge on any atom is 0.262 e. The molecule has 0 radical (unpaired) electrons. The molecule has 28 heavy (non-hydrogen) atoms. The van der Waals surface area contributed by atoms with E-state index in [1.807, 2.05) is 32.0 Å². The van der Waals surface area contributed by atoms with Gasteiger partial charge in [0.2, 0.25) is 10.0 Å². The second-order valence-corrected chi connectivity index (χ2v) is 8.61. The zero-order valence-corrected chi connectivity index (χ0v) is 18.0. The minimum absolute atomic E-state index is 0.0911. The van der Waals surface area contributed by atoms with Gasteiger partial charge in [-0.15, -0.1) is 0 Å². The molecule has 0 unspecified atom stereocenters. The summed E-state index contributed by atoms with van der Waals surface area (Å²) in [5.41, 5.74) is 2.78. The molecule has 2 rings (SSSR count). The predicted molar refractivity (Wildman–Crippen MR) is 112 cm³/mol. The van der Waals surface area contributed by atoms with Crippen molar-refractivity contribution in [2.75, 3.05) is 25.0 Å². The largest absolute Gasteiger partial charge is 0.482 e. The van der Waals surface area contributed by atoms with Crippen molar-refractivity contribution in [3.05, 3.63) is 52.5 Å². The highest BCUT2D eigenvalue weighted by Gasteiger charge is 2.22. The van der Waals surface area contributed by atoms with Crippen LogP contribution in [0.25, 0.3) is 0 Å². The van der Waals surface area contributed by atoms with Crippen LogP contribution >= 0.6 is 11.6 Å². The first-order chi connectivity index (χ1) is 13.2. The lowest BCUT2D eigenvalue weighted by molar-refractivity contribution is -0.118. The van der Waals surface area contributed by atoms with Gasteiger partial charge in [-0.2, -0.15) is 4.31 Å². The van der Waals surface area contributed by atoms with Gasteiger partial charge in [-0.3, -0.25) is 4.79 Å². The Labute approximate surface area is 171 Å². The molecule has 8 heteroatoms. The number of carbonyl (C=O) groups excluding carboxylic acids is 1. The van der Waals surface area contributed by atoms with E-state index in [0.717, 1.165) is 16.8 Å². The van der Waals surface area contributed by atoms with Gasteiger partial charge in [-0.1, -0.05) is 37.6 Å². The molecule has 6 nitrogen and oxygen atoms in total. The molecule has 2 aromatic carbocycles. The number of anilines is 1. The zero-order valence-electron chi connectivity index (χ0n) is 16.5. The molecule has 0 saturated heterocycles. The minimum atomic E-state index is -3.61. The third-order valence-electron chi connectivity index (χ3n) is 4.48. The number of rotatable bonds is 8. The number of nitrogens with zero attached hydrogens (tertiary/aromatic N) is 1. The number of amides is 1. The molecule has 2 aromatic rings. The van der Waals surface area contributed by atoms with E-state index < -0.39 is 10.0 Å². The normalized spacial score (nSPS) is 11.5. The van der Waals surface area contributed by atoms with E-state index in [1.54, 1.807) is 13.8 Å². The highest BCUT2D eigenvalue weighted by atomic mass is 35.5. The summed E-state index contributed by atoms with van der Waals surface area (Å²) < 4.78 is 31.9. The number of ether oxygens (including phenoxy) is 1. The van der Waals surface area contributed by atoms with Crippen LogP contribution in [0.4, 0.5) is 5.69 Å². The van der Waals surface area contributed by atoms with Crippen LogP contribution in [0.3, 0.4) is 0 Å². The number of halogens is 1. The molecule has 0 aromatic heterocycles. The molecule has 0 bridgehead atoms. The minimum Gasteiger partial charge on any atom is -0.482 e. The Hall–Kier alpha value is -2.09. The first-order valence-corrected chi connectivity index (χ1v) is 10.8. The summed E-state index contributed by atoms with van der Waals surface area (Å²) in [7, 11) is -3.61. The second kappa shape index (κ2) is 9.41. The average molecular weight is 425 g/mol. The summed E-state index contributed by atoms with van der Waals surface area (Å²) >= 11 is 6.18. The standard InChI is InChI=1S/C20H25ClN2O4S/c1-5-23(6-2)28(25,26)16-10-11-19(17(21)12-16)27-13-20(24)22-18-9-7-8-14(3)15(18)4/h7-12H,5-6,13H2,1-4H3,(H,22,24). The van der Waals surface area contributed by atoms with E-state index in [2.05, 4.69) is 5.32 Å². The van der Waals surface area contributed by atoms with Gasteiger partial charge in [0.15, 0.2) is 6.61 Å². The van der Waals surface area contributed by atoms with Gasteiger partial charge < -0.3 is 10.1 Å². The third-order valence-corrected chi connectivity index (χ3v) is 6.83. The summed E-state index contributed by atoms with van der Waals surface area (Å²) in [5, 5.41) is 2.93. The first-order valence-electron chi connectivity index (χ1n) is 8.99. The van der Waals surface area contributed by atoms with E-state index >= 15 is 0 Å². The Bertz CT molecular complexity index is 957. The smallest absolute Gasteiger partial charge is 0.262 e. The van der Waals surface area contributed by atoms with E-state index in [9.17, 15) is 13.2 Å². The molecular formula is C20H25ClN2O4S. The maximum atomic E-state index is 12.5. The summed E-state index contributed by atoms with van der Waals surface area (Å²) in [6.45, 7) is 7.94. The molecule has 0 aliphatic heterocycles. The van der Waals surface area contributed by atoms with Crippen molar-refractivity contribution in [1.29, 1.82) is 0 Å². The number of carbonyl (C=O) groups is 1. The molecule has 0 spiro atoms. The van der Waals surface area contributed by atoms with E-state index in [1.165, 1.54) is 22.5 Å². The van der Waals surface area contributed by atoms with Gasteiger partial charge in [-0.05, 0) is 49.2 Å². The van der Waals surface area contributed by atoms with Crippen LogP contribution in [0, 0.1) is 13.8 Å². The van der Waals surface area contributed by atoms with Crippen molar-refractivity contribution in [2.24, 2.45) is 0 Å². The average Bonchev–Trinajstić information content (AvgIpc) is 2.65. The van der Waals surface area contributed by atoms with Gasteiger partial charge in [-0.25, -0.2) is 8.42 Å². The molecule has 1 amide bonds. The van der Waals surface area contributed by atoms with Crippen LogP contribution in [0.1, 0.15) is 25.0 Å². The van der Waals surface area contributed by atoms with Gasteiger partial charge >= 0.3 is 0 Å². The Kier molecular flexibility index (Phi) is 7.46. The quantitative estimate of drug-likeness (QED) is 0.694. The van der Waals surface area contributed by atoms with Crippen molar-refractivity contribution < 1.29 is 17.9 Å². The summed E-state index contributed by atoms with van der Waals surface area (Å²) in [4.78, 5) is 12.3. The van der Waals surface area contributed by atoms with Crippen molar-refractivity contribution in [3.63, 3.8) is 0 Å². The van der Waals surface area contributed by atoms with Crippen molar-refractivity contribution in [1.82, 2.24) is 4.31 Å². The molecule has 152 valence electrons. The summed E-state index contributed by atoms with van der Waals surface area (Å²) in [6, 6.07) is 9.88. The number of hydrogen-bond acceptors (Lipinski definition) is 4. The first kappa shape index (κ1) is 22.2. The van der Waals surface area contributed by atoms with E-state index in [0.29, 0.717) is 13.1 Å². The Morgan fingerprint density at radius 2 is 1.82 bits per heavy atom. The highest BCUT2D eigenvalue weighted by molar-refractivity contribution is 7.89. The van der Waals surface area contributed by atoms with E-state index in [-0.39, 0.29) is 28.2 Å². The highest BCUT2D eigenvalue weighted by Crippen LogP contribution is 2.29. The molecule has 1 N–H and O–H groups in total. The fourth-order valence-corrected chi connectivity index (χ4v) is 4.47. The third kappa shape index (κ3) is 5.04. The van der Waals surface area contributed by atoms with Crippen LogP contribution in [0.15, 0.2) is 41.3 Å². The second-order valence-electron chi connectivity index (χ2n) is 6.27. The molecule has 0 aliphatic rings. The van der Waals surface area contributed by atoms with Crippen molar-refractivity contribution in [2.45, 2.75) is 32.6 Å². The lowest BCUT2D eigenvalue weighted by Crippen LogP contribution is -2.30. The van der Waals surface area contributed by atoms with Crippen LogP contribution in [-0.2, 0) is 14.8 Å². The van der Waals surface area contributed by atoms with Gasteiger partial charge in [0.25, 0.3) is 5.91 Å². The number of hydrogen-bond donors (Lipinski definition) is 1. The van der Waals surface area contributed by atoms with Crippen LogP contribution < -0.4 is 10.1 Å². The Morgan fingerprint density at radius 3 is 2.43 bits per heavy atom. The van der Waals surface area contributed by atoms with Crippen molar-refractivity contribution in [3.8, 4) is 5.75 Å². The molecular weight excluding hydrogens is 400 g/mol. The molecule has 0 heterocycles. The monoisotopic (exact) mass is 424 g/mol. The fourth-order valence-electron chi connectivity index (χ4n) is 2.69. The van der Waals surface area contributed by atoms with Crippen molar-refractivity contribution >= 4 is 33.2 Å². The SMILES string of the molecule is CCN(CC)S(=O)(=O)c1ccc(OCC(=O)Nc2cccc(C)c2C)c(Cl)c1. The molecule has 0 saturated carbocycles. The molecule has 0 fully saturated rings. The van der Waals surface area contributed by atoms with Crippen LogP contribution in [-0.4, -0.2) is 38.3 Å². The van der Waals surface area contributed by atoms with Gasteiger partial charge in [0.05, 0.1) is 9.92 Å². The maximum absolute atomic E-state index is 12.5. The lowest BCUT2D eigenvalue weighted by atomic mass is 10.1. The van der Waals surface area contributed by atoms with Gasteiger partial charge in [0.1, 0.15) is 5.75 Å². The summed E-state index contributed by atoms with van der Waals surface area (Å²) in [5.74, 6) is -0.0825. The Balaban J connectivity index is 2.07. The number of aryl methyl sites for hydroxylation is 1. The van der Waals surface area contributed by atoms with E-state index in [4.69, 9.17) is 16.3 Å². The van der Waals surface area contributed by atoms with Crippen LogP contribution in [0.2, 0.25) is 5.02 Å². The van der Waals surface area contributed by atoms with Gasteiger partial charge in [0, 0.05) is 18.8 Å². The number of nitrogens with one attached hydrogen (secondary N) is 1.